The van der Waals surface area contributed by atoms with Gasteiger partial charge in [-0.25, -0.2) is 0 Å². The van der Waals surface area contributed by atoms with Crippen molar-refractivity contribution in [2.24, 2.45) is 11.7 Å². The maximum atomic E-state index is 12.9. The summed E-state index contributed by atoms with van der Waals surface area (Å²) in [7, 11) is 0. The highest BCUT2D eigenvalue weighted by Gasteiger charge is 2.28. The number of ether oxygens (including phenoxy) is 2. The van der Waals surface area contributed by atoms with Crippen LogP contribution in [0.4, 0.5) is 20.2 Å². The fourth-order valence-electron chi connectivity index (χ4n) is 3.30. The van der Waals surface area contributed by atoms with Gasteiger partial charge in [0.05, 0.1) is 12.3 Å². The van der Waals surface area contributed by atoms with E-state index in [1.54, 1.807) is 0 Å². The summed E-state index contributed by atoms with van der Waals surface area (Å²) in [6.07, 6.45) is 3.16. The number of carbonyl (C=O) groups excluding carboxylic acids is 3. The second kappa shape index (κ2) is 9.81. The number of nitrogens with two attached hydrogens (primary N) is 1. The first kappa shape index (κ1) is 21.9. The Morgan fingerprint density at radius 2 is 2.10 bits per heavy atom. The molecular formula is C19H24F2N4O5. The maximum absolute atomic E-state index is 12.9. The van der Waals surface area contributed by atoms with Crippen molar-refractivity contribution in [3.63, 3.8) is 0 Å². The summed E-state index contributed by atoms with van der Waals surface area (Å²) in [5.74, 6) is -1.83. The summed E-state index contributed by atoms with van der Waals surface area (Å²) in [6, 6.07) is 2.73. The fourth-order valence-corrected chi connectivity index (χ4v) is 3.30. The molecule has 9 nitrogen and oxygen atoms in total. The molecule has 1 aliphatic carbocycles. The van der Waals surface area contributed by atoms with Gasteiger partial charge >= 0.3 is 6.61 Å². The molecule has 0 radical (unpaired) electrons. The number of hydrogen-bond acceptors (Lipinski definition) is 6. The first-order chi connectivity index (χ1) is 14.3. The summed E-state index contributed by atoms with van der Waals surface area (Å²) >= 11 is 0. The standard InChI is InChI=1S/C19H24F2N4O5/c20-19(21)30-14-8-12(4-5-13(14)25-6-7-29-10-15(25)26)24-18(28)16(17(22)27)23-9-11-2-1-3-11/h4-5,8,11,16,19,23H,1-3,6-7,9-10H2,(H2,22,27)(H,24,28)/t16-/m1/s1. The molecule has 3 rings (SSSR count). The van der Waals surface area contributed by atoms with Gasteiger partial charge in [-0.05, 0) is 37.4 Å². The van der Waals surface area contributed by atoms with Gasteiger partial charge in [-0.3, -0.25) is 19.7 Å². The average Bonchev–Trinajstić information content (AvgIpc) is 2.64. The Morgan fingerprint density at radius 1 is 1.33 bits per heavy atom. The predicted molar refractivity (Wildman–Crippen MR) is 103 cm³/mol. The molecule has 0 aromatic heterocycles. The van der Waals surface area contributed by atoms with Gasteiger partial charge < -0.3 is 25.4 Å². The molecule has 1 aromatic rings. The highest BCUT2D eigenvalue weighted by atomic mass is 19.3. The number of benzene rings is 1. The molecule has 2 fully saturated rings. The minimum absolute atomic E-state index is 0.122. The molecule has 4 N–H and O–H groups in total. The third-order valence-electron chi connectivity index (χ3n) is 5.10. The molecule has 3 amide bonds. The third kappa shape index (κ3) is 5.42. The Balaban J connectivity index is 1.74. The Labute approximate surface area is 171 Å². The topological polar surface area (TPSA) is 123 Å². The number of nitrogens with one attached hydrogen (secondary N) is 2. The van der Waals surface area contributed by atoms with Crippen molar-refractivity contribution in [2.45, 2.75) is 31.9 Å². The number of morpholine rings is 1. The number of hydrogen-bond donors (Lipinski definition) is 3. The van der Waals surface area contributed by atoms with E-state index in [1.165, 1.54) is 23.1 Å². The molecule has 164 valence electrons. The van der Waals surface area contributed by atoms with Crippen molar-refractivity contribution in [2.75, 3.05) is 36.5 Å². The largest absolute Gasteiger partial charge is 0.433 e. The molecule has 0 bridgehead atoms. The molecular weight excluding hydrogens is 402 g/mol. The van der Waals surface area contributed by atoms with E-state index in [1.807, 2.05) is 0 Å². The van der Waals surface area contributed by atoms with Crippen LogP contribution in [-0.4, -0.2) is 56.7 Å². The van der Waals surface area contributed by atoms with Crippen molar-refractivity contribution < 1.29 is 32.6 Å². The summed E-state index contributed by atoms with van der Waals surface area (Å²) in [5.41, 5.74) is 5.58. The molecule has 1 aliphatic heterocycles. The van der Waals surface area contributed by atoms with E-state index in [-0.39, 0.29) is 36.9 Å². The lowest BCUT2D eigenvalue weighted by atomic mass is 9.85. The van der Waals surface area contributed by atoms with Gasteiger partial charge in [0.2, 0.25) is 5.91 Å². The van der Waals surface area contributed by atoms with E-state index >= 15 is 0 Å². The van der Waals surface area contributed by atoms with E-state index in [9.17, 15) is 23.2 Å². The second-order valence-corrected chi connectivity index (χ2v) is 7.19. The summed E-state index contributed by atoms with van der Waals surface area (Å²) in [6.45, 7) is -2.38. The molecule has 2 aliphatic rings. The van der Waals surface area contributed by atoms with Gasteiger partial charge in [-0.1, -0.05) is 6.42 Å². The Bertz CT molecular complexity index is 803. The van der Waals surface area contributed by atoms with Crippen LogP contribution in [0.15, 0.2) is 18.2 Å². The number of alkyl halides is 2. The third-order valence-corrected chi connectivity index (χ3v) is 5.10. The van der Waals surface area contributed by atoms with Gasteiger partial charge in [0.25, 0.3) is 11.8 Å². The zero-order valence-corrected chi connectivity index (χ0v) is 16.2. The molecule has 1 heterocycles. The Morgan fingerprint density at radius 3 is 2.70 bits per heavy atom. The van der Waals surface area contributed by atoms with E-state index in [2.05, 4.69) is 15.4 Å². The highest BCUT2D eigenvalue weighted by Crippen LogP contribution is 2.33. The molecule has 11 heteroatoms. The van der Waals surface area contributed by atoms with Crippen LogP contribution in [0.2, 0.25) is 0 Å². The maximum Gasteiger partial charge on any atom is 0.387 e. The minimum atomic E-state index is -3.13. The molecule has 1 atom stereocenters. The number of halogens is 2. The van der Waals surface area contributed by atoms with Crippen LogP contribution in [-0.2, 0) is 19.1 Å². The van der Waals surface area contributed by atoms with Crippen LogP contribution < -0.4 is 26.0 Å². The van der Waals surface area contributed by atoms with Crippen LogP contribution in [0.3, 0.4) is 0 Å². The lowest BCUT2D eigenvalue weighted by Gasteiger charge is -2.29. The summed E-state index contributed by atoms with van der Waals surface area (Å²) in [5, 5.41) is 5.34. The zero-order valence-electron chi connectivity index (χ0n) is 16.2. The van der Waals surface area contributed by atoms with Crippen molar-refractivity contribution in [3.05, 3.63) is 18.2 Å². The normalized spacial score (nSPS) is 18.1. The van der Waals surface area contributed by atoms with Crippen molar-refractivity contribution in [1.29, 1.82) is 0 Å². The van der Waals surface area contributed by atoms with Crippen LogP contribution >= 0.6 is 0 Å². The van der Waals surface area contributed by atoms with E-state index in [0.29, 0.717) is 12.5 Å². The zero-order chi connectivity index (χ0) is 21.7. The number of carbonyl (C=O) groups is 3. The van der Waals surface area contributed by atoms with Crippen LogP contribution in [0.1, 0.15) is 19.3 Å². The van der Waals surface area contributed by atoms with Gasteiger partial charge in [-0.2, -0.15) is 8.78 Å². The second-order valence-electron chi connectivity index (χ2n) is 7.19. The molecule has 1 saturated carbocycles. The van der Waals surface area contributed by atoms with Crippen LogP contribution in [0.5, 0.6) is 5.75 Å². The molecule has 1 aromatic carbocycles. The van der Waals surface area contributed by atoms with Gasteiger partial charge in [0, 0.05) is 18.3 Å². The minimum Gasteiger partial charge on any atom is -0.433 e. The van der Waals surface area contributed by atoms with Crippen molar-refractivity contribution in [1.82, 2.24) is 5.32 Å². The number of nitrogens with zero attached hydrogens (tertiary/aromatic N) is 1. The van der Waals surface area contributed by atoms with E-state index in [0.717, 1.165) is 19.3 Å². The van der Waals surface area contributed by atoms with Crippen LogP contribution in [0.25, 0.3) is 0 Å². The molecule has 0 spiro atoms. The van der Waals surface area contributed by atoms with Crippen LogP contribution in [0, 0.1) is 5.92 Å². The first-order valence-electron chi connectivity index (χ1n) is 9.65. The first-order valence-corrected chi connectivity index (χ1v) is 9.65. The molecule has 0 unspecified atom stereocenters. The predicted octanol–water partition coefficient (Wildman–Crippen LogP) is 0.833. The Hall–Kier alpha value is -2.79. The number of rotatable bonds is 9. The average molecular weight is 426 g/mol. The number of primary amides is 1. The number of anilines is 2. The quantitative estimate of drug-likeness (QED) is 0.503. The molecule has 30 heavy (non-hydrogen) atoms. The smallest absolute Gasteiger partial charge is 0.387 e. The highest BCUT2D eigenvalue weighted by molar-refractivity contribution is 6.09. The van der Waals surface area contributed by atoms with Crippen molar-refractivity contribution in [3.8, 4) is 5.75 Å². The summed E-state index contributed by atoms with van der Waals surface area (Å²) in [4.78, 5) is 37.5. The monoisotopic (exact) mass is 426 g/mol. The number of amides is 3. The lowest BCUT2D eigenvalue weighted by Crippen LogP contribution is -2.51. The lowest BCUT2D eigenvalue weighted by molar-refractivity contribution is -0.128. The summed E-state index contributed by atoms with van der Waals surface area (Å²) < 4.78 is 35.4. The van der Waals surface area contributed by atoms with Gasteiger partial charge in [0.1, 0.15) is 6.61 Å². The SMILES string of the molecule is NC(=O)[C@@H](NCC1CCC1)C(=O)Nc1ccc(N2CCOCC2=O)c(OC(F)F)c1. The van der Waals surface area contributed by atoms with Gasteiger partial charge in [-0.15, -0.1) is 0 Å². The Kier molecular flexibility index (Phi) is 7.16. The molecule has 1 saturated heterocycles. The van der Waals surface area contributed by atoms with E-state index < -0.39 is 30.4 Å². The van der Waals surface area contributed by atoms with E-state index in [4.69, 9.17) is 10.5 Å². The van der Waals surface area contributed by atoms with Crippen molar-refractivity contribution >= 4 is 29.1 Å². The fraction of sp³-hybridized carbons (Fsp3) is 0.526. The van der Waals surface area contributed by atoms with Gasteiger partial charge in [0.15, 0.2) is 11.8 Å².